The molecule has 1 N–H and O–H groups in total. The molecule has 0 spiro atoms. The predicted molar refractivity (Wildman–Crippen MR) is 90.2 cm³/mol. The fraction of sp³-hybridized carbons (Fsp3) is 0.235. The van der Waals surface area contributed by atoms with E-state index in [0.717, 1.165) is 12.1 Å². The summed E-state index contributed by atoms with van der Waals surface area (Å²) >= 11 is 0. The second kappa shape index (κ2) is 7.93. The number of sulfonamides is 1. The summed E-state index contributed by atoms with van der Waals surface area (Å²) in [5.41, 5.74) is -2.12. The second-order valence-electron chi connectivity index (χ2n) is 5.80. The summed E-state index contributed by atoms with van der Waals surface area (Å²) in [6.45, 7) is -0.665. The fourth-order valence-electron chi connectivity index (χ4n) is 2.16. The first-order chi connectivity index (χ1) is 13.2. The van der Waals surface area contributed by atoms with Gasteiger partial charge in [-0.3, -0.25) is 9.52 Å². The van der Waals surface area contributed by atoms with E-state index in [2.05, 4.69) is 4.74 Å². The van der Waals surface area contributed by atoms with E-state index in [1.54, 1.807) is 4.72 Å². The Bertz CT molecular complexity index is 1020. The van der Waals surface area contributed by atoms with Crippen molar-refractivity contribution in [3.05, 3.63) is 53.6 Å². The lowest BCUT2D eigenvalue weighted by atomic mass is 10.2. The van der Waals surface area contributed by atoms with E-state index in [1.165, 1.54) is 19.1 Å². The summed E-state index contributed by atoms with van der Waals surface area (Å²) < 4.78 is 107. The van der Waals surface area contributed by atoms with Crippen LogP contribution in [0.15, 0.2) is 47.4 Å². The molecule has 0 unspecified atom stereocenters. The first-order valence-electron chi connectivity index (χ1n) is 7.74. The highest BCUT2D eigenvalue weighted by Crippen LogP contribution is 2.36. The van der Waals surface area contributed by atoms with Gasteiger partial charge >= 0.3 is 12.4 Å². The number of nitrogens with one attached hydrogen (secondary N) is 1. The van der Waals surface area contributed by atoms with Crippen molar-refractivity contribution < 1.29 is 44.3 Å². The Hall–Kier alpha value is -2.76. The van der Waals surface area contributed by atoms with Crippen LogP contribution in [0.2, 0.25) is 0 Å². The van der Waals surface area contributed by atoms with Gasteiger partial charge in [-0.25, -0.2) is 8.42 Å². The summed E-state index contributed by atoms with van der Waals surface area (Å²) in [5.74, 6) is -1.21. The molecule has 0 aliphatic rings. The number of anilines is 1. The molecule has 0 bridgehead atoms. The van der Waals surface area contributed by atoms with Crippen molar-refractivity contribution in [3.63, 3.8) is 0 Å². The number of ketones is 1. The van der Waals surface area contributed by atoms with Crippen molar-refractivity contribution in [2.75, 3.05) is 11.3 Å². The summed E-state index contributed by atoms with van der Waals surface area (Å²) in [7, 11) is -4.54. The van der Waals surface area contributed by atoms with Gasteiger partial charge in [-0.15, -0.1) is 0 Å². The zero-order valence-electron chi connectivity index (χ0n) is 14.6. The Kier molecular flexibility index (Phi) is 6.16. The Labute approximate surface area is 161 Å². The van der Waals surface area contributed by atoms with Gasteiger partial charge in [0.1, 0.15) is 5.75 Å². The molecule has 0 fully saturated rings. The highest BCUT2D eigenvalue weighted by molar-refractivity contribution is 7.92. The molecule has 0 aromatic heterocycles. The van der Waals surface area contributed by atoms with Gasteiger partial charge in [0, 0.05) is 5.56 Å². The van der Waals surface area contributed by atoms with E-state index in [-0.39, 0.29) is 5.56 Å². The molecule has 0 aliphatic heterocycles. The number of Topliss-reactive ketones (excluding diaryl/α,β-unsaturated/α-hetero) is 1. The molecular formula is C17H13F6NO4S. The van der Waals surface area contributed by atoms with Crippen LogP contribution >= 0.6 is 0 Å². The van der Waals surface area contributed by atoms with Crippen molar-refractivity contribution in [2.24, 2.45) is 0 Å². The minimum Gasteiger partial charge on any atom is -0.482 e. The molecule has 0 radical (unpaired) electrons. The van der Waals surface area contributed by atoms with Crippen LogP contribution in [0.4, 0.5) is 32.0 Å². The van der Waals surface area contributed by atoms with Crippen LogP contribution in [0.3, 0.4) is 0 Å². The van der Waals surface area contributed by atoms with Gasteiger partial charge in [0.2, 0.25) is 0 Å². The third-order valence-electron chi connectivity index (χ3n) is 3.49. The monoisotopic (exact) mass is 441 g/mol. The minimum atomic E-state index is -4.88. The Morgan fingerprint density at radius 3 is 2.24 bits per heavy atom. The van der Waals surface area contributed by atoms with Gasteiger partial charge in [0.25, 0.3) is 10.0 Å². The molecule has 2 aromatic rings. The zero-order chi connectivity index (χ0) is 22.0. The standard InChI is InChI=1S/C17H13F6NO4S/c1-10(25)11-3-2-4-13(7-11)29(26,27)24-14-8-12(17(21,22)23)5-6-15(14)28-9-16(18,19)20/h2-8,24H,9H2,1H3. The molecule has 0 saturated carbocycles. The van der Waals surface area contributed by atoms with Crippen LogP contribution in [0.1, 0.15) is 22.8 Å². The quantitative estimate of drug-likeness (QED) is 0.523. The maximum atomic E-state index is 12.9. The summed E-state index contributed by atoms with van der Waals surface area (Å²) in [6.07, 6.45) is -9.67. The van der Waals surface area contributed by atoms with Crippen LogP contribution < -0.4 is 9.46 Å². The Balaban J connectivity index is 2.47. The number of alkyl halides is 6. The molecule has 0 atom stereocenters. The first kappa shape index (κ1) is 22.5. The molecule has 0 aliphatic carbocycles. The van der Waals surface area contributed by atoms with Crippen molar-refractivity contribution in [1.82, 2.24) is 0 Å². The van der Waals surface area contributed by atoms with Crippen LogP contribution in [-0.4, -0.2) is 27.0 Å². The van der Waals surface area contributed by atoms with E-state index < -0.39 is 56.7 Å². The number of carbonyl (C=O) groups excluding carboxylic acids is 1. The number of benzene rings is 2. The maximum Gasteiger partial charge on any atom is 0.422 e. The smallest absolute Gasteiger partial charge is 0.422 e. The molecule has 0 amide bonds. The Morgan fingerprint density at radius 1 is 1.03 bits per heavy atom. The normalized spacial score (nSPS) is 12.5. The van der Waals surface area contributed by atoms with Gasteiger partial charge < -0.3 is 4.74 Å². The van der Waals surface area contributed by atoms with E-state index >= 15 is 0 Å². The summed E-state index contributed by atoms with van der Waals surface area (Å²) in [4.78, 5) is 10.9. The molecule has 29 heavy (non-hydrogen) atoms. The average molecular weight is 441 g/mol. The largest absolute Gasteiger partial charge is 0.482 e. The minimum absolute atomic E-state index is 0.0189. The SMILES string of the molecule is CC(=O)c1cccc(S(=O)(=O)Nc2cc(C(F)(F)F)ccc2OCC(F)(F)F)c1. The van der Waals surface area contributed by atoms with Crippen molar-refractivity contribution in [2.45, 2.75) is 24.2 Å². The topological polar surface area (TPSA) is 72.5 Å². The van der Waals surface area contributed by atoms with Gasteiger partial charge in [-0.05, 0) is 37.3 Å². The molecule has 2 aromatic carbocycles. The maximum absolute atomic E-state index is 12.9. The van der Waals surface area contributed by atoms with Crippen molar-refractivity contribution in [1.29, 1.82) is 0 Å². The predicted octanol–water partition coefficient (Wildman–Crippen LogP) is 4.65. The molecule has 0 saturated heterocycles. The van der Waals surface area contributed by atoms with Crippen molar-refractivity contribution >= 4 is 21.5 Å². The van der Waals surface area contributed by atoms with Gasteiger partial charge in [-0.1, -0.05) is 12.1 Å². The first-order valence-corrected chi connectivity index (χ1v) is 9.22. The molecule has 0 heterocycles. The molecule has 158 valence electrons. The van der Waals surface area contributed by atoms with Gasteiger partial charge in [0.05, 0.1) is 16.1 Å². The zero-order valence-corrected chi connectivity index (χ0v) is 15.4. The highest BCUT2D eigenvalue weighted by atomic mass is 32.2. The number of hydrogen-bond donors (Lipinski definition) is 1. The van der Waals surface area contributed by atoms with E-state index in [0.29, 0.717) is 18.2 Å². The van der Waals surface area contributed by atoms with E-state index in [1.807, 2.05) is 0 Å². The molecule has 2 rings (SSSR count). The molecule has 12 heteroatoms. The second-order valence-corrected chi connectivity index (χ2v) is 7.48. The van der Waals surface area contributed by atoms with Crippen LogP contribution in [0.25, 0.3) is 0 Å². The summed E-state index contributed by atoms with van der Waals surface area (Å²) in [6, 6.07) is 5.96. The number of hydrogen-bond acceptors (Lipinski definition) is 4. The molecular weight excluding hydrogens is 428 g/mol. The number of carbonyl (C=O) groups is 1. The van der Waals surface area contributed by atoms with Gasteiger partial charge in [-0.2, -0.15) is 26.3 Å². The number of ether oxygens (including phenoxy) is 1. The molecule has 5 nitrogen and oxygen atoms in total. The van der Waals surface area contributed by atoms with Crippen LogP contribution in [-0.2, 0) is 16.2 Å². The lowest BCUT2D eigenvalue weighted by Crippen LogP contribution is -2.21. The average Bonchev–Trinajstić information content (AvgIpc) is 2.59. The third-order valence-corrected chi connectivity index (χ3v) is 4.86. The Morgan fingerprint density at radius 2 is 1.69 bits per heavy atom. The fourth-order valence-corrected chi connectivity index (χ4v) is 3.26. The highest BCUT2D eigenvalue weighted by Gasteiger charge is 2.33. The van der Waals surface area contributed by atoms with Crippen LogP contribution in [0.5, 0.6) is 5.75 Å². The van der Waals surface area contributed by atoms with E-state index in [4.69, 9.17) is 0 Å². The summed E-state index contributed by atoms with van der Waals surface area (Å²) in [5, 5.41) is 0. The number of rotatable bonds is 6. The third kappa shape index (κ3) is 6.11. The van der Waals surface area contributed by atoms with E-state index in [9.17, 15) is 39.6 Å². The lowest BCUT2D eigenvalue weighted by Gasteiger charge is -2.17. The van der Waals surface area contributed by atoms with Gasteiger partial charge in [0.15, 0.2) is 12.4 Å². The van der Waals surface area contributed by atoms with Crippen LogP contribution in [0, 0.1) is 0 Å². The number of halogens is 6. The lowest BCUT2D eigenvalue weighted by molar-refractivity contribution is -0.153. The van der Waals surface area contributed by atoms with Crippen molar-refractivity contribution in [3.8, 4) is 5.75 Å².